The zero-order valence-electron chi connectivity index (χ0n) is 13.0. The zero-order valence-corrected chi connectivity index (χ0v) is 13.0. The second-order valence-electron chi connectivity index (χ2n) is 6.16. The molecule has 1 rings (SSSR count). The first-order valence-corrected chi connectivity index (χ1v) is 7.59. The van der Waals surface area contributed by atoms with Crippen molar-refractivity contribution in [2.45, 2.75) is 59.0 Å². The van der Waals surface area contributed by atoms with Gasteiger partial charge in [-0.25, -0.2) is 0 Å². The van der Waals surface area contributed by atoms with Crippen LogP contribution in [-0.2, 0) is 4.74 Å². The van der Waals surface area contributed by atoms with E-state index in [4.69, 9.17) is 4.74 Å². The molecule has 1 atom stereocenters. The molecule has 1 aliphatic heterocycles. The minimum absolute atomic E-state index is 0.324. The average molecular weight is 256 g/mol. The maximum atomic E-state index is 5.72. The van der Waals surface area contributed by atoms with Crippen LogP contribution in [0.4, 0.5) is 0 Å². The molecule has 0 amide bonds. The molecule has 0 saturated carbocycles. The number of nitrogens with one attached hydrogen (secondary N) is 1. The van der Waals surface area contributed by atoms with Crippen molar-refractivity contribution in [1.82, 2.24) is 10.2 Å². The molecule has 0 radical (unpaired) electrons. The molecule has 1 fully saturated rings. The lowest BCUT2D eigenvalue weighted by Gasteiger charge is -2.46. The Morgan fingerprint density at radius 3 is 2.56 bits per heavy atom. The molecule has 3 nitrogen and oxygen atoms in total. The van der Waals surface area contributed by atoms with Crippen LogP contribution in [0.25, 0.3) is 0 Å². The highest BCUT2D eigenvalue weighted by molar-refractivity contribution is 4.95. The van der Waals surface area contributed by atoms with Crippen molar-refractivity contribution in [3.8, 4) is 0 Å². The smallest absolute Gasteiger partial charge is 0.0593 e. The van der Waals surface area contributed by atoms with Crippen molar-refractivity contribution in [2.24, 2.45) is 5.92 Å². The molecule has 1 saturated heterocycles. The van der Waals surface area contributed by atoms with Gasteiger partial charge in [0.05, 0.1) is 6.61 Å². The Balaban J connectivity index is 2.37. The summed E-state index contributed by atoms with van der Waals surface area (Å²) in [5.41, 5.74) is 0.324. The second kappa shape index (κ2) is 7.46. The third kappa shape index (κ3) is 4.52. The Kier molecular flexibility index (Phi) is 6.61. The summed E-state index contributed by atoms with van der Waals surface area (Å²) < 4.78 is 5.72. The molecule has 108 valence electrons. The number of nitrogens with zero attached hydrogens (tertiary/aromatic N) is 1. The van der Waals surface area contributed by atoms with Gasteiger partial charge in [-0.3, -0.25) is 4.90 Å². The maximum Gasteiger partial charge on any atom is 0.0593 e. The summed E-state index contributed by atoms with van der Waals surface area (Å²) in [6.45, 7) is 16.4. The van der Waals surface area contributed by atoms with E-state index in [0.29, 0.717) is 17.5 Å². The van der Waals surface area contributed by atoms with Gasteiger partial charge in [-0.1, -0.05) is 27.7 Å². The van der Waals surface area contributed by atoms with E-state index < -0.39 is 0 Å². The Hall–Kier alpha value is -0.120. The largest absolute Gasteiger partial charge is 0.380 e. The predicted molar refractivity (Wildman–Crippen MR) is 78.0 cm³/mol. The number of piperazine rings is 1. The number of hydrogen-bond acceptors (Lipinski definition) is 3. The minimum atomic E-state index is 0.324. The number of ether oxygens (including phenoxy) is 1. The second-order valence-corrected chi connectivity index (χ2v) is 6.16. The molecule has 0 bridgehead atoms. The van der Waals surface area contributed by atoms with E-state index in [1.807, 2.05) is 0 Å². The number of hydrogen-bond donors (Lipinski definition) is 1. The fraction of sp³-hybridized carbons (Fsp3) is 1.00. The Morgan fingerprint density at radius 2 is 2.00 bits per heavy atom. The molecule has 0 aromatic heterocycles. The van der Waals surface area contributed by atoms with Gasteiger partial charge >= 0.3 is 0 Å². The highest BCUT2D eigenvalue weighted by atomic mass is 16.5. The Bertz CT molecular complexity index is 227. The summed E-state index contributed by atoms with van der Waals surface area (Å²) >= 11 is 0. The normalized spacial score (nSPS) is 24.7. The molecular weight excluding hydrogens is 224 g/mol. The number of rotatable bonds is 7. The third-order valence-electron chi connectivity index (χ3n) is 4.23. The van der Waals surface area contributed by atoms with Crippen LogP contribution in [0.1, 0.15) is 47.5 Å². The van der Waals surface area contributed by atoms with Crippen molar-refractivity contribution in [3.63, 3.8) is 0 Å². The van der Waals surface area contributed by atoms with Gasteiger partial charge in [0.15, 0.2) is 0 Å². The molecule has 1 heterocycles. The molecule has 0 aromatic carbocycles. The van der Waals surface area contributed by atoms with Crippen LogP contribution in [-0.4, -0.2) is 49.3 Å². The molecule has 18 heavy (non-hydrogen) atoms. The Morgan fingerprint density at radius 1 is 1.33 bits per heavy atom. The summed E-state index contributed by atoms with van der Waals surface area (Å²) in [6, 6.07) is 0.624. The highest BCUT2D eigenvalue weighted by Gasteiger charge is 2.34. The fourth-order valence-corrected chi connectivity index (χ4v) is 2.62. The van der Waals surface area contributed by atoms with Crippen LogP contribution >= 0.6 is 0 Å². The first-order valence-electron chi connectivity index (χ1n) is 7.59. The van der Waals surface area contributed by atoms with Crippen molar-refractivity contribution in [3.05, 3.63) is 0 Å². The fourth-order valence-electron chi connectivity index (χ4n) is 2.62. The minimum Gasteiger partial charge on any atom is -0.380 e. The predicted octanol–water partition coefficient (Wildman–Crippen LogP) is 2.51. The van der Waals surface area contributed by atoms with Gasteiger partial charge in [0.25, 0.3) is 0 Å². The van der Waals surface area contributed by atoms with Gasteiger partial charge in [0.2, 0.25) is 0 Å². The monoisotopic (exact) mass is 256 g/mol. The summed E-state index contributed by atoms with van der Waals surface area (Å²) in [5.74, 6) is 0.635. The maximum absolute atomic E-state index is 5.72. The van der Waals surface area contributed by atoms with E-state index in [-0.39, 0.29) is 0 Å². The quantitative estimate of drug-likeness (QED) is 0.708. The topological polar surface area (TPSA) is 24.5 Å². The molecular formula is C15H32N2O. The lowest BCUT2D eigenvalue weighted by Crippen LogP contribution is -2.63. The van der Waals surface area contributed by atoms with E-state index in [9.17, 15) is 0 Å². The molecule has 1 aliphatic rings. The summed E-state index contributed by atoms with van der Waals surface area (Å²) in [5, 5.41) is 3.74. The molecule has 1 N–H and O–H groups in total. The first kappa shape index (κ1) is 15.9. The van der Waals surface area contributed by atoms with Crippen molar-refractivity contribution in [2.75, 3.05) is 32.8 Å². The summed E-state index contributed by atoms with van der Waals surface area (Å²) in [4.78, 5) is 2.59. The SMILES string of the molecule is CCC1(CC)CN(CCOCC(C)C)C(C)CN1. The average Bonchev–Trinajstić information content (AvgIpc) is 2.37. The van der Waals surface area contributed by atoms with Gasteiger partial charge in [-0.05, 0) is 25.7 Å². The van der Waals surface area contributed by atoms with Crippen molar-refractivity contribution < 1.29 is 4.74 Å². The molecule has 0 aromatic rings. The van der Waals surface area contributed by atoms with Gasteiger partial charge in [0.1, 0.15) is 0 Å². The van der Waals surface area contributed by atoms with Crippen LogP contribution in [0.15, 0.2) is 0 Å². The third-order valence-corrected chi connectivity index (χ3v) is 4.23. The van der Waals surface area contributed by atoms with Crippen LogP contribution in [0.3, 0.4) is 0 Å². The van der Waals surface area contributed by atoms with E-state index in [2.05, 4.69) is 44.8 Å². The zero-order chi connectivity index (χ0) is 13.6. The summed E-state index contributed by atoms with van der Waals surface area (Å²) in [7, 11) is 0. The first-order chi connectivity index (χ1) is 8.53. The lowest BCUT2D eigenvalue weighted by molar-refractivity contribution is 0.0363. The van der Waals surface area contributed by atoms with E-state index in [1.54, 1.807) is 0 Å². The van der Waals surface area contributed by atoms with Crippen LogP contribution < -0.4 is 5.32 Å². The molecule has 0 spiro atoms. The standard InChI is InChI=1S/C15H32N2O/c1-6-15(7-2)12-17(14(5)10-16-15)8-9-18-11-13(3)4/h13-14,16H,6-12H2,1-5H3. The van der Waals surface area contributed by atoms with Gasteiger partial charge in [0, 0.05) is 37.8 Å². The van der Waals surface area contributed by atoms with E-state index in [1.165, 1.54) is 12.8 Å². The van der Waals surface area contributed by atoms with Crippen LogP contribution in [0.5, 0.6) is 0 Å². The van der Waals surface area contributed by atoms with E-state index >= 15 is 0 Å². The lowest BCUT2D eigenvalue weighted by atomic mass is 9.89. The van der Waals surface area contributed by atoms with Gasteiger partial charge < -0.3 is 10.1 Å². The van der Waals surface area contributed by atoms with Crippen LogP contribution in [0, 0.1) is 5.92 Å². The molecule has 3 heteroatoms. The molecule has 0 aliphatic carbocycles. The summed E-state index contributed by atoms with van der Waals surface area (Å²) in [6.07, 6.45) is 2.42. The van der Waals surface area contributed by atoms with Gasteiger partial charge in [-0.15, -0.1) is 0 Å². The van der Waals surface area contributed by atoms with E-state index in [0.717, 1.165) is 32.8 Å². The van der Waals surface area contributed by atoms with Crippen molar-refractivity contribution >= 4 is 0 Å². The Labute approximate surface area is 113 Å². The van der Waals surface area contributed by atoms with Gasteiger partial charge in [-0.2, -0.15) is 0 Å². The highest BCUT2D eigenvalue weighted by Crippen LogP contribution is 2.22. The molecule has 1 unspecified atom stereocenters. The van der Waals surface area contributed by atoms with Crippen molar-refractivity contribution in [1.29, 1.82) is 0 Å². The van der Waals surface area contributed by atoms with Crippen LogP contribution in [0.2, 0.25) is 0 Å².